The molecule has 0 saturated heterocycles. The summed E-state index contributed by atoms with van der Waals surface area (Å²) in [5.74, 6) is 0.991. The number of unbranched alkanes of at least 4 members (excludes halogenated alkanes) is 2. The molecular weight excluding hydrogens is 420 g/mol. The molecule has 0 unspecified atom stereocenters. The van der Waals surface area contributed by atoms with E-state index in [0.29, 0.717) is 34.1 Å². The van der Waals surface area contributed by atoms with Crippen molar-refractivity contribution in [3.05, 3.63) is 58.7 Å². The Hall–Kier alpha value is -2.62. The molecule has 3 rings (SSSR count). The lowest BCUT2D eigenvalue weighted by atomic mass is 9.82. The van der Waals surface area contributed by atoms with Crippen molar-refractivity contribution in [1.29, 1.82) is 0 Å². The number of hydrogen-bond acceptors (Lipinski definition) is 4. The number of carbonyl (C=O) groups is 2. The largest absolute Gasteiger partial charge is 0.384 e. The minimum Gasteiger partial charge on any atom is -0.384 e. The lowest BCUT2D eigenvalue weighted by Crippen LogP contribution is -2.26. The number of hydrogen-bond donors (Lipinski definition) is 2. The summed E-state index contributed by atoms with van der Waals surface area (Å²) in [6.45, 7) is 10.5. The molecule has 0 aromatic heterocycles. The third-order valence-electron chi connectivity index (χ3n) is 7.32. The maximum atomic E-state index is 13.6. The second-order valence-corrected chi connectivity index (χ2v) is 9.71. The smallest absolute Gasteiger partial charge is 0.196 e. The average molecular weight is 463 g/mol. The van der Waals surface area contributed by atoms with Crippen molar-refractivity contribution in [3.63, 3.8) is 0 Å². The van der Waals surface area contributed by atoms with E-state index in [1.165, 1.54) is 38.5 Å². The fourth-order valence-corrected chi connectivity index (χ4v) is 4.91. The van der Waals surface area contributed by atoms with E-state index in [2.05, 4.69) is 38.3 Å². The van der Waals surface area contributed by atoms with Gasteiger partial charge in [-0.3, -0.25) is 9.59 Å². The van der Waals surface area contributed by atoms with Gasteiger partial charge in [0.15, 0.2) is 11.6 Å². The highest BCUT2D eigenvalue weighted by atomic mass is 16.1. The van der Waals surface area contributed by atoms with Crippen LogP contribution < -0.4 is 10.6 Å². The Morgan fingerprint density at radius 3 is 1.41 bits per heavy atom. The van der Waals surface area contributed by atoms with Crippen molar-refractivity contribution in [2.75, 3.05) is 23.7 Å². The Balaban J connectivity index is 1.94. The highest BCUT2D eigenvalue weighted by molar-refractivity contribution is 6.31. The van der Waals surface area contributed by atoms with Gasteiger partial charge in [0.25, 0.3) is 0 Å². The first kappa shape index (κ1) is 26.0. The molecule has 0 aliphatic heterocycles. The van der Waals surface area contributed by atoms with Crippen LogP contribution in [0, 0.1) is 11.8 Å². The Morgan fingerprint density at radius 1 is 0.647 bits per heavy atom. The third-order valence-corrected chi connectivity index (χ3v) is 7.32. The quantitative estimate of drug-likeness (QED) is 0.257. The molecule has 4 heteroatoms. The Labute approximate surface area is 205 Å². The van der Waals surface area contributed by atoms with Crippen LogP contribution in [0.4, 0.5) is 11.4 Å². The van der Waals surface area contributed by atoms with Gasteiger partial charge in [0, 0.05) is 35.6 Å². The molecule has 2 N–H and O–H groups in total. The van der Waals surface area contributed by atoms with Crippen molar-refractivity contribution < 1.29 is 9.59 Å². The first-order chi connectivity index (χ1) is 16.5. The number of carbonyl (C=O) groups excluding carboxylic acids is 2. The third kappa shape index (κ3) is 5.89. The van der Waals surface area contributed by atoms with E-state index in [0.717, 1.165) is 37.3 Å². The van der Waals surface area contributed by atoms with Crippen LogP contribution in [0.5, 0.6) is 0 Å². The Bertz CT molecular complexity index is 904. The summed E-state index contributed by atoms with van der Waals surface area (Å²) in [5.41, 5.74) is 3.63. The first-order valence-electron chi connectivity index (χ1n) is 13.4. The number of rotatable bonds is 14. The van der Waals surface area contributed by atoms with Crippen LogP contribution in [0.25, 0.3) is 0 Å². The SMILES string of the molecule is CCCC[C@H](CC)CNc1ccc(NC[C@@H](CC)CCCC)c2c1C(=O)c1ccccc1C2=O. The molecule has 2 atom stereocenters. The molecule has 1 aliphatic rings. The molecule has 0 heterocycles. The van der Waals surface area contributed by atoms with E-state index in [1.54, 1.807) is 12.1 Å². The Morgan fingerprint density at radius 2 is 1.06 bits per heavy atom. The summed E-state index contributed by atoms with van der Waals surface area (Å²) in [4.78, 5) is 27.3. The van der Waals surface area contributed by atoms with Crippen LogP contribution in [-0.4, -0.2) is 24.7 Å². The average Bonchev–Trinajstić information content (AvgIpc) is 2.87. The van der Waals surface area contributed by atoms with Gasteiger partial charge in [-0.2, -0.15) is 0 Å². The van der Waals surface area contributed by atoms with Gasteiger partial charge >= 0.3 is 0 Å². The van der Waals surface area contributed by atoms with Gasteiger partial charge in [0.05, 0.1) is 11.1 Å². The monoisotopic (exact) mass is 462 g/mol. The summed E-state index contributed by atoms with van der Waals surface area (Å²) in [5, 5.41) is 7.09. The number of nitrogens with one attached hydrogen (secondary N) is 2. The molecule has 4 nitrogen and oxygen atoms in total. The molecule has 0 radical (unpaired) electrons. The van der Waals surface area contributed by atoms with Gasteiger partial charge in [-0.1, -0.05) is 90.5 Å². The van der Waals surface area contributed by atoms with Crippen molar-refractivity contribution in [1.82, 2.24) is 0 Å². The first-order valence-corrected chi connectivity index (χ1v) is 13.4. The number of anilines is 2. The summed E-state index contributed by atoms with van der Waals surface area (Å²) >= 11 is 0. The highest BCUT2D eigenvalue weighted by Gasteiger charge is 2.34. The highest BCUT2D eigenvalue weighted by Crippen LogP contribution is 2.37. The van der Waals surface area contributed by atoms with E-state index in [4.69, 9.17) is 0 Å². The molecule has 34 heavy (non-hydrogen) atoms. The van der Waals surface area contributed by atoms with Crippen molar-refractivity contribution in [2.24, 2.45) is 11.8 Å². The molecule has 184 valence electrons. The number of fused-ring (bicyclic) bond motifs is 2. The zero-order valence-corrected chi connectivity index (χ0v) is 21.5. The minimum absolute atomic E-state index is 0.0593. The van der Waals surface area contributed by atoms with Crippen LogP contribution >= 0.6 is 0 Å². The predicted molar refractivity (Wildman–Crippen MR) is 143 cm³/mol. The fraction of sp³-hybridized carbons (Fsp3) is 0.533. The zero-order valence-electron chi connectivity index (χ0n) is 21.5. The molecule has 0 bridgehead atoms. The molecule has 2 aromatic carbocycles. The molecule has 1 aliphatic carbocycles. The lowest BCUT2D eigenvalue weighted by molar-refractivity contribution is 0.0980. The molecule has 0 saturated carbocycles. The van der Waals surface area contributed by atoms with Gasteiger partial charge in [0.2, 0.25) is 0 Å². The minimum atomic E-state index is -0.0593. The van der Waals surface area contributed by atoms with Crippen molar-refractivity contribution in [2.45, 2.75) is 79.1 Å². The molecule has 0 spiro atoms. The molecular formula is C30H42N2O2. The van der Waals surface area contributed by atoms with E-state index in [9.17, 15) is 9.59 Å². The standard InChI is InChI=1S/C30H42N2O2/c1-5-9-13-21(7-3)19-31-25-17-18-26(32-20-22(8-4)14-10-6-2)28-27(25)29(33)23-15-11-12-16-24(23)30(28)34/h11-12,15-18,21-22,31-32H,5-10,13-14,19-20H2,1-4H3/t21-,22-/m0/s1. The van der Waals surface area contributed by atoms with Gasteiger partial charge in [-0.25, -0.2) is 0 Å². The summed E-state index contributed by atoms with van der Waals surface area (Å²) in [7, 11) is 0. The second-order valence-electron chi connectivity index (χ2n) is 9.71. The van der Waals surface area contributed by atoms with E-state index in [1.807, 2.05) is 24.3 Å². The Kier molecular flexibility index (Phi) is 9.74. The van der Waals surface area contributed by atoms with Crippen LogP contribution in [0.1, 0.15) is 111 Å². The van der Waals surface area contributed by atoms with Crippen molar-refractivity contribution in [3.8, 4) is 0 Å². The van der Waals surface area contributed by atoms with Crippen molar-refractivity contribution >= 4 is 22.9 Å². The topological polar surface area (TPSA) is 58.2 Å². The summed E-state index contributed by atoms with van der Waals surface area (Å²) < 4.78 is 0. The van der Waals surface area contributed by atoms with Crippen LogP contribution in [0.15, 0.2) is 36.4 Å². The zero-order chi connectivity index (χ0) is 24.5. The molecule has 0 fully saturated rings. The second kappa shape index (κ2) is 12.7. The fourth-order valence-electron chi connectivity index (χ4n) is 4.91. The lowest BCUT2D eigenvalue weighted by Gasteiger charge is -2.26. The maximum Gasteiger partial charge on any atom is 0.196 e. The number of benzene rings is 2. The van der Waals surface area contributed by atoms with Crippen LogP contribution in [0.3, 0.4) is 0 Å². The summed E-state index contributed by atoms with van der Waals surface area (Å²) in [6, 6.07) is 11.2. The van der Waals surface area contributed by atoms with E-state index >= 15 is 0 Å². The summed E-state index contributed by atoms with van der Waals surface area (Å²) in [6.07, 6.45) is 9.34. The van der Waals surface area contributed by atoms with E-state index in [-0.39, 0.29) is 11.6 Å². The normalized spacial score (nSPS) is 14.4. The van der Waals surface area contributed by atoms with Gasteiger partial charge < -0.3 is 10.6 Å². The predicted octanol–water partition coefficient (Wildman–Crippen LogP) is 7.72. The van der Waals surface area contributed by atoms with Gasteiger partial charge in [0.1, 0.15) is 0 Å². The number of ketones is 2. The van der Waals surface area contributed by atoms with E-state index < -0.39 is 0 Å². The van der Waals surface area contributed by atoms with Crippen LogP contribution in [0.2, 0.25) is 0 Å². The molecule has 0 amide bonds. The maximum absolute atomic E-state index is 13.6. The van der Waals surface area contributed by atoms with Gasteiger partial charge in [-0.05, 0) is 36.8 Å². The van der Waals surface area contributed by atoms with Crippen LogP contribution in [-0.2, 0) is 0 Å². The molecule has 2 aromatic rings. The van der Waals surface area contributed by atoms with Gasteiger partial charge in [-0.15, -0.1) is 0 Å².